The zero-order valence-electron chi connectivity index (χ0n) is 20.3. The van der Waals surface area contributed by atoms with Crippen molar-refractivity contribution in [3.63, 3.8) is 0 Å². The number of thioether (sulfide) groups is 1. The number of carbonyl (C=O) groups is 1. The zero-order valence-corrected chi connectivity index (χ0v) is 23.4. The molecule has 4 rings (SSSR count). The first kappa shape index (κ1) is 26.9. The van der Waals surface area contributed by atoms with E-state index in [0.29, 0.717) is 15.8 Å². The number of carbonyl (C=O) groups excluding carboxylic acids is 1. The van der Waals surface area contributed by atoms with Crippen LogP contribution in [0.15, 0.2) is 57.2 Å². The lowest BCUT2D eigenvalue weighted by Gasteiger charge is -2.32. The molecule has 36 heavy (non-hydrogen) atoms. The Balaban J connectivity index is 1.21. The Kier molecular flexibility index (Phi) is 9.67. The van der Waals surface area contributed by atoms with E-state index in [2.05, 4.69) is 15.2 Å². The third-order valence-corrected chi connectivity index (χ3v) is 8.49. The summed E-state index contributed by atoms with van der Waals surface area (Å²) in [7, 11) is 3.88. The molecule has 1 N–H and O–H groups in total. The fourth-order valence-corrected chi connectivity index (χ4v) is 5.88. The van der Waals surface area contributed by atoms with E-state index in [1.807, 2.05) is 66.8 Å². The Morgan fingerprint density at radius 1 is 1.22 bits per heavy atom. The van der Waals surface area contributed by atoms with Gasteiger partial charge in [0.2, 0.25) is 5.91 Å². The van der Waals surface area contributed by atoms with Crippen molar-refractivity contribution in [2.24, 2.45) is 4.99 Å². The second kappa shape index (κ2) is 12.9. The van der Waals surface area contributed by atoms with E-state index in [1.54, 1.807) is 17.7 Å². The summed E-state index contributed by atoms with van der Waals surface area (Å²) in [4.78, 5) is 26.0. The molecule has 6 nitrogen and oxygen atoms in total. The maximum absolute atomic E-state index is 12.6. The van der Waals surface area contributed by atoms with Crippen LogP contribution in [-0.2, 0) is 11.3 Å². The van der Waals surface area contributed by atoms with Crippen molar-refractivity contribution in [1.82, 2.24) is 20.1 Å². The van der Waals surface area contributed by atoms with Crippen LogP contribution in [-0.4, -0.2) is 66.0 Å². The highest BCUT2D eigenvalue weighted by Gasteiger charge is 2.21. The largest absolute Gasteiger partial charge is 0.369 e. The number of likely N-dealkylation sites (tertiary alicyclic amines) is 1. The van der Waals surface area contributed by atoms with Crippen molar-refractivity contribution >= 4 is 64.2 Å². The molecule has 1 aliphatic rings. The number of piperidine rings is 1. The van der Waals surface area contributed by atoms with Gasteiger partial charge in [0, 0.05) is 50.7 Å². The highest BCUT2D eigenvalue weighted by molar-refractivity contribution is 8.01. The lowest BCUT2D eigenvalue weighted by molar-refractivity contribution is -0.119. The summed E-state index contributed by atoms with van der Waals surface area (Å²) >= 11 is 15.2. The molecule has 0 radical (unpaired) electrons. The number of rotatable bonds is 9. The fourth-order valence-electron chi connectivity index (χ4n) is 3.91. The lowest BCUT2D eigenvalue weighted by atomic mass is 10.0. The molecule has 0 atom stereocenters. The monoisotopic (exact) mass is 561 g/mol. The minimum Gasteiger partial charge on any atom is -0.369 e. The number of nitrogens with one attached hydrogen (secondary N) is 1. The highest BCUT2D eigenvalue weighted by atomic mass is 35.5. The molecule has 2 heterocycles. The maximum Gasteiger partial charge on any atom is 0.230 e. The predicted molar refractivity (Wildman–Crippen MR) is 153 cm³/mol. The number of aromatic nitrogens is 1. The first-order chi connectivity index (χ1) is 17.4. The molecule has 1 fully saturated rings. The summed E-state index contributed by atoms with van der Waals surface area (Å²) in [5, 5.41) is 6.38. The zero-order chi connectivity index (χ0) is 25.5. The summed E-state index contributed by atoms with van der Waals surface area (Å²) < 4.78 is 0.888. The average molecular weight is 563 g/mol. The molecule has 190 valence electrons. The van der Waals surface area contributed by atoms with Crippen LogP contribution in [0.3, 0.4) is 0 Å². The van der Waals surface area contributed by atoms with E-state index in [4.69, 9.17) is 28.2 Å². The van der Waals surface area contributed by atoms with Gasteiger partial charge in [-0.15, -0.1) is 11.3 Å². The molecular weight excluding hydrogens is 533 g/mol. The SMILES string of the molecule is CN(C)C=Nc1cccc(-c2csc(SCC(=O)NC3CCN(Cc4ccc(Cl)c(Cl)c4)CC3)n2)c1. The number of benzene rings is 2. The van der Waals surface area contributed by atoms with Gasteiger partial charge in [0.1, 0.15) is 0 Å². The van der Waals surface area contributed by atoms with E-state index < -0.39 is 0 Å². The van der Waals surface area contributed by atoms with Crippen molar-refractivity contribution in [3.8, 4) is 11.3 Å². The van der Waals surface area contributed by atoms with Gasteiger partial charge in [0.15, 0.2) is 4.34 Å². The Morgan fingerprint density at radius 3 is 2.78 bits per heavy atom. The second-order valence-corrected chi connectivity index (χ2v) is 11.8. The average Bonchev–Trinajstić information content (AvgIpc) is 3.34. The quantitative estimate of drug-likeness (QED) is 0.191. The highest BCUT2D eigenvalue weighted by Crippen LogP contribution is 2.30. The van der Waals surface area contributed by atoms with Crippen molar-refractivity contribution in [2.75, 3.05) is 32.9 Å². The molecular formula is C26H29Cl2N5OS2. The fraction of sp³-hybridized carbons (Fsp3) is 0.346. The standard InChI is InChI=1S/C26H29Cl2N5OS2/c1-32(2)17-29-21-5-3-4-19(13-21)24-15-35-26(31-24)36-16-25(34)30-20-8-10-33(11-9-20)14-18-6-7-22(27)23(28)12-18/h3-7,12-13,15,17,20H,8-11,14,16H2,1-2H3,(H,30,34). The topological polar surface area (TPSA) is 60.8 Å². The molecule has 3 aromatic rings. The van der Waals surface area contributed by atoms with Crippen LogP contribution in [0.1, 0.15) is 18.4 Å². The minimum atomic E-state index is 0.0553. The Bertz CT molecular complexity index is 1210. The van der Waals surface area contributed by atoms with Gasteiger partial charge in [-0.25, -0.2) is 9.98 Å². The second-order valence-electron chi connectivity index (χ2n) is 8.91. The summed E-state index contributed by atoms with van der Waals surface area (Å²) in [5.74, 6) is 0.420. The van der Waals surface area contributed by atoms with Crippen molar-refractivity contribution in [1.29, 1.82) is 0 Å². The van der Waals surface area contributed by atoms with Gasteiger partial charge in [-0.1, -0.05) is 53.2 Å². The van der Waals surface area contributed by atoms with Gasteiger partial charge in [-0.05, 0) is 42.7 Å². The smallest absolute Gasteiger partial charge is 0.230 e. The van der Waals surface area contributed by atoms with Gasteiger partial charge < -0.3 is 10.2 Å². The van der Waals surface area contributed by atoms with E-state index in [9.17, 15) is 4.79 Å². The molecule has 0 saturated carbocycles. The van der Waals surface area contributed by atoms with Gasteiger partial charge in [-0.2, -0.15) is 0 Å². The number of hydrogen-bond acceptors (Lipinski definition) is 6. The summed E-state index contributed by atoms with van der Waals surface area (Å²) in [6, 6.07) is 14.0. The molecule has 10 heteroatoms. The Labute approximate surface area is 230 Å². The normalized spacial score (nSPS) is 14.9. The van der Waals surface area contributed by atoms with Gasteiger partial charge in [0.05, 0.1) is 33.5 Å². The molecule has 0 aliphatic carbocycles. The number of nitrogens with zero attached hydrogens (tertiary/aromatic N) is 4. The van der Waals surface area contributed by atoms with Gasteiger partial charge in [0.25, 0.3) is 0 Å². The van der Waals surface area contributed by atoms with Crippen LogP contribution in [0.25, 0.3) is 11.3 Å². The first-order valence-corrected chi connectivity index (χ1v) is 14.3. The Hall–Kier alpha value is -2.10. The van der Waals surface area contributed by atoms with Crippen LogP contribution in [0.4, 0.5) is 5.69 Å². The van der Waals surface area contributed by atoms with Crippen molar-refractivity contribution < 1.29 is 4.79 Å². The van der Waals surface area contributed by atoms with Crippen LogP contribution >= 0.6 is 46.3 Å². The molecule has 0 spiro atoms. The lowest BCUT2D eigenvalue weighted by Crippen LogP contribution is -2.44. The van der Waals surface area contributed by atoms with E-state index in [1.165, 1.54) is 11.8 Å². The molecule has 1 aromatic heterocycles. The third-order valence-electron chi connectivity index (χ3n) is 5.73. The summed E-state index contributed by atoms with van der Waals surface area (Å²) in [6.07, 6.45) is 3.65. The first-order valence-electron chi connectivity index (χ1n) is 11.7. The number of halogens is 2. The molecule has 1 aliphatic heterocycles. The van der Waals surface area contributed by atoms with E-state index >= 15 is 0 Å². The number of aliphatic imine (C=N–C) groups is 1. The van der Waals surface area contributed by atoms with Crippen LogP contribution in [0.5, 0.6) is 0 Å². The number of thiazole rings is 1. The molecule has 2 aromatic carbocycles. The predicted octanol–water partition coefficient (Wildman–Crippen LogP) is 6.21. The van der Waals surface area contributed by atoms with E-state index in [0.717, 1.165) is 59.3 Å². The number of hydrogen-bond donors (Lipinski definition) is 1. The molecule has 0 bridgehead atoms. The minimum absolute atomic E-state index is 0.0553. The van der Waals surface area contributed by atoms with Crippen molar-refractivity contribution in [3.05, 3.63) is 63.5 Å². The maximum atomic E-state index is 12.6. The molecule has 0 unspecified atom stereocenters. The number of amides is 1. The summed E-state index contributed by atoms with van der Waals surface area (Å²) in [6.45, 7) is 2.71. The molecule has 1 saturated heterocycles. The van der Waals surface area contributed by atoms with Crippen molar-refractivity contribution in [2.45, 2.75) is 29.8 Å². The summed E-state index contributed by atoms with van der Waals surface area (Å²) in [5.41, 5.74) is 3.95. The molecule has 1 amide bonds. The van der Waals surface area contributed by atoms with Gasteiger partial charge in [-0.3, -0.25) is 9.69 Å². The van der Waals surface area contributed by atoms with E-state index in [-0.39, 0.29) is 11.9 Å². The Morgan fingerprint density at radius 2 is 2.03 bits per heavy atom. The van der Waals surface area contributed by atoms with Gasteiger partial charge >= 0.3 is 0 Å². The third kappa shape index (κ3) is 7.95. The van der Waals surface area contributed by atoms with Crippen LogP contribution in [0, 0.1) is 0 Å². The van der Waals surface area contributed by atoms with Crippen LogP contribution < -0.4 is 5.32 Å². The van der Waals surface area contributed by atoms with Crippen LogP contribution in [0.2, 0.25) is 10.0 Å².